The molecule has 1 atom stereocenters. The first-order chi connectivity index (χ1) is 12.9. The monoisotopic (exact) mass is 475 g/mol. The highest BCUT2D eigenvalue weighted by Gasteiger charge is 2.31. The molecule has 0 unspecified atom stereocenters. The zero-order valence-corrected chi connectivity index (χ0v) is 18.1. The molecule has 0 aliphatic carbocycles. The normalized spacial score (nSPS) is 17.9. The Morgan fingerprint density at radius 3 is 2.56 bits per heavy atom. The lowest BCUT2D eigenvalue weighted by Crippen LogP contribution is -3.15. The van der Waals surface area contributed by atoms with E-state index in [9.17, 15) is 13.5 Å². The van der Waals surface area contributed by atoms with Crippen molar-refractivity contribution >= 4 is 37.3 Å². The third kappa shape index (κ3) is 5.83. The summed E-state index contributed by atoms with van der Waals surface area (Å²) in [6.45, 7) is 3.64. The van der Waals surface area contributed by atoms with Crippen LogP contribution in [-0.4, -0.2) is 63.3 Å². The van der Waals surface area contributed by atoms with Gasteiger partial charge in [0, 0.05) is 9.35 Å². The van der Waals surface area contributed by atoms with E-state index < -0.39 is 16.1 Å². The number of ether oxygens (including phenoxy) is 1. The van der Waals surface area contributed by atoms with Crippen LogP contribution in [0.25, 0.3) is 0 Å². The maximum absolute atomic E-state index is 12.7. The number of piperazine rings is 1. The number of halogens is 1. The summed E-state index contributed by atoms with van der Waals surface area (Å²) >= 11 is 4.96. The van der Waals surface area contributed by atoms with Gasteiger partial charge in [0.1, 0.15) is 12.6 Å². The number of hydrogen-bond donors (Lipinski definition) is 2. The molecule has 1 aromatic heterocycles. The number of quaternary nitrogens is 1. The van der Waals surface area contributed by atoms with E-state index in [0.717, 1.165) is 9.35 Å². The van der Waals surface area contributed by atoms with Gasteiger partial charge in [0.05, 0.1) is 44.3 Å². The van der Waals surface area contributed by atoms with Gasteiger partial charge in [-0.1, -0.05) is 22.0 Å². The molecule has 9 heteroatoms. The van der Waals surface area contributed by atoms with Crippen LogP contribution in [0.5, 0.6) is 0 Å². The van der Waals surface area contributed by atoms with Crippen LogP contribution in [0.1, 0.15) is 4.88 Å². The topological polar surface area (TPSA) is 71.3 Å². The standard InChI is InChI=1S/C18H23BrN2O4S2/c19-15-3-5-18(6-4-15)27(23,24)21-9-7-20(8-10-21)12-16(22)13-25-14-17-2-1-11-26-17/h1-6,11,16,22H,7-10,12-14H2/p+1/t16-/m0/s1. The number of nitrogens with one attached hydrogen (secondary N) is 1. The van der Waals surface area contributed by atoms with Crippen LogP contribution >= 0.6 is 27.3 Å². The Hall–Kier alpha value is -0.810. The van der Waals surface area contributed by atoms with Gasteiger partial charge < -0.3 is 14.7 Å². The van der Waals surface area contributed by atoms with E-state index in [1.54, 1.807) is 35.6 Å². The van der Waals surface area contributed by atoms with E-state index in [4.69, 9.17) is 4.74 Å². The zero-order valence-electron chi connectivity index (χ0n) is 14.9. The van der Waals surface area contributed by atoms with Gasteiger partial charge in [-0.15, -0.1) is 11.3 Å². The van der Waals surface area contributed by atoms with E-state index >= 15 is 0 Å². The second-order valence-corrected chi connectivity index (χ2v) is 10.4. The van der Waals surface area contributed by atoms with Gasteiger partial charge in [0.2, 0.25) is 10.0 Å². The van der Waals surface area contributed by atoms with Crippen molar-refractivity contribution in [2.75, 3.05) is 39.3 Å². The Morgan fingerprint density at radius 2 is 1.93 bits per heavy atom. The number of nitrogens with zero attached hydrogens (tertiary/aromatic N) is 1. The molecule has 2 heterocycles. The summed E-state index contributed by atoms with van der Waals surface area (Å²) in [6.07, 6.45) is -0.547. The number of benzene rings is 1. The summed E-state index contributed by atoms with van der Waals surface area (Å²) in [4.78, 5) is 2.65. The molecule has 0 amide bonds. The Bertz CT molecular complexity index is 804. The van der Waals surface area contributed by atoms with Crippen molar-refractivity contribution in [2.24, 2.45) is 0 Å². The highest BCUT2D eigenvalue weighted by atomic mass is 79.9. The molecule has 1 aromatic carbocycles. The van der Waals surface area contributed by atoms with Crippen LogP contribution in [0.15, 0.2) is 51.1 Å². The fourth-order valence-electron chi connectivity index (χ4n) is 3.08. The van der Waals surface area contributed by atoms with E-state index in [0.29, 0.717) is 50.8 Å². The van der Waals surface area contributed by atoms with Crippen LogP contribution in [0.4, 0.5) is 0 Å². The number of thiophene rings is 1. The molecule has 1 saturated heterocycles. The summed E-state index contributed by atoms with van der Waals surface area (Å²) in [6, 6.07) is 10.7. The predicted octanol–water partition coefficient (Wildman–Crippen LogP) is 0.978. The van der Waals surface area contributed by atoms with E-state index in [2.05, 4.69) is 15.9 Å². The lowest BCUT2D eigenvalue weighted by molar-refractivity contribution is -0.906. The fourth-order valence-corrected chi connectivity index (χ4v) is 5.43. The first kappa shape index (κ1) is 20.9. The summed E-state index contributed by atoms with van der Waals surface area (Å²) < 4.78 is 33.4. The van der Waals surface area contributed by atoms with Gasteiger partial charge in [0.25, 0.3) is 0 Å². The Balaban J connectivity index is 1.43. The molecule has 2 N–H and O–H groups in total. The molecule has 6 nitrogen and oxygen atoms in total. The van der Waals surface area contributed by atoms with Crippen molar-refractivity contribution < 1.29 is 23.2 Å². The van der Waals surface area contributed by atoms with Crippen LogP contribution in [0, 0.1) is 0 Å². The minimum Gasteiger partial charge on any atom is -0.385 e. The maximum atomic E-state index is 12.7. The molecule has 1 fully saturated rings. The highest BCUT2D eigenvalue weighted by molar-refractivity contribution is 9.10. The van der Waals surface area contributed by atoms with Crippen LogP contribution in [0.2, 0.25) is 0 Å². The van der Waals surface area contributed by atoms with Crippen molar-refractivity contribution in [2.45, 2.75) is 17.6 Å². The van der Waals surface area contributed by atoms with Gasteiger partial charge in [0.15, 0.2) is 0 Å². The Kier molecular flexibility index (Phi) is 7.43. The number of aliphatic hydroxyl groups excluding tert-OH is 1. The summed E-state index contributed by atoms with van der Waals surface area (Å²) in [5.41, 5.74) is 0. The fraction of sp³-hybridized carbons (Fsp3) is 0.444. The minimum absolute atomic E-state index is 0.294. The largest absolute Gasteiger partial charge is 0.385 e. The molecular weight excluding hydrogens is 452 g/mol. The average molecular weight is 476 g/mol. The Morgan fingerprint density at radius 1 is 1.22 bits per heavy atom. The van der Waals surface area contributed by atoms with Crippen molar-refractivity contribution in [1.29, 1.82) is 0 Å². The smallest absolute Gasteiger partial charge is 0.243 e. The maximum Gasteiger partial charge on any atom is 0.243 e. The zero-order chi connectivity index (χ0) is 19.3. The van der Waals surface area contributed by atoms with Crippen LogP contribution < -0.4 is 4.90 Å². The molecule has 2 aromatic rings. The second-order valence-electron chi connectivity index (χ2n) is 6.56. The van der Waals surface area contributed by atoms with Gasteiger partial charge >= 0.3 is 0 Å². The van der Waals surface area contributed by atoms with Gasteiger partial charge in [-0.3, -0.25) is 0 Å². The number of rotatable bonds is 8. The van der Waals surface area contributed by atoms with Crippen molar-refractivity contribution in [1.82, 2.24) is 4.31 Å². The first-order valence-corrected chi connectivity index (χ1v) is 11.9. The van der Waals surface area contributed by atoms with Crippen molar-refractivity contribution in [3.63, 3.8) is 0 Å². The second kappa shape index (κ2) is 9.60. The molecule has 1 aliphatic heterocycles. The summed E-state index contributed by atoms with van der Waals surface area (Å²) in [5, 5.41) is 12.2. The summed E-state index contributed by atoms with van der Waals surface area (Å²) in [7, 11) is -3.46. The summed E-state index contributed by atoms with van der Waals surface area (Å²) in [5.74, 6) is 0. The lowest BCUT2D eigenvalue weighted by atomic mass is 10.3. The minimum atomic E-state index is -3.46. The van der Waals surface area contributed by atoms with E-state index in [-0.39, 0.29) is 0 Å². The molecule has 27 heavy (non-hydrogen) atoms. The predicted molar refractivity (Wildman–Crippen MR) is 108 cm³/mol. The molecular formula is C18H24BrN2O4S2+. The highest BCUT2D eigenvalue weighted by Crippen LogP contribution is 2.18. The molecule has 0 bridgehead atoms. The SMILES string of the molecule is O=S(=O)(c1ccc(Br)cc1)N1CC[NH+](C[C@H](O)COCc2cccs2)CC1. The first-order valence-electron chi connectivity index (χ1n) is 8.82. The van der Waals surface area contributed by atoms with Crippen LogP contribution in [-0.2, 0) is 21.4 Å². The van der Waals surface area contributed by atoms with Crippen molar-refractivity contribution in [3.05, 3.63) is 51.1 Å². The molecule has 1 aliphatic rings. The van der Waals surface area contributed by atoms with Crippen LogP contribution in [0.3, 0.4) is 0 Å². The van der Waals surface area contributed by atoms with Gasteiger partial charge in [-0.05, 0) is 35.7 Å². The quantitative estimate of drug-likeness (QED) is 0.596. The molecule has 0 radical (unpaired) electrons. The molecule has 0 saturated carbocycles. The van der Waals surface area contributed by atoms with Crippen molar-refractivity contribution in [3.8, 4) is 0 Å². The third-order valence-electron chi connectivity index (χ3n) is 4.54. The van der Waals surface area contributed by atoms with Gasteiger partial charge in [-0.2, -0.15) is 4.31 Å². The Labute approximate surface area is 172 Å². The van der Waals surface area contributed by atoms with E-state index in [1.807, 2.05) is 17.5 Å². The number of hydrogen-bond acceptors (Lipinski definition) is 5. The molecule has 148 valence electrons. The lowest BCUT2D eigenvalue weighted by Gasteiger charge is -2.32. The number of aliphatic hydroxyl groups is 1. The number of sulfonamides is 1. The third-order valence-corrected chi connectivity index (χ3v) is 7.83. The van der Waals surface area contributed by atoms with Gasteiger partial charge in [-0.25, -0.2) is 8.42 Å². The molecule has 3 rings (SSSR count). The van der Waals surface area contributed by atoms with E-state index in [1.165, 1.54) is 9.21 Å². The average Bonchev–Trinajstić information content (AvgIpc) is 3.16. The molecule has 0 spiro atoms.